The number of nitrogens with one attached hydrogen (secondary N) is 1. The molecule has 0 radical (unpaired) electrons. The number of ether oxygens (including phenoxy) is 1. The van der Waals surface area contributed by atoms with Crippen LogP contribution in [0.1, 0.15) is 28.5 Å². The Balaban J connectivity index is 1.64. The number of carbonyl (C=O) groups excluding carboxylic acids is 1. The molecule has 3 aromatic rings. The van der Waals surface area contributed by atoms with Crippen LogP contribution < -0.4 is 10.1 Å². The highest BCUT2D eigenvalue weighted by molar-refractivity contribution is 9.10. The molecule has 2 aromatic carbocycles. The predicted octanol–water partition coefficient (Wildman–Crippen LogP) is 4.85. The molecule has 0 bridgehead atoms. The van der Waals surface area contributed by atoms with Gasteiger partial charge < -0.3 is 14.6 Å². The van der Waals surface area contributed by atoms with Crippen molar-refractivity contribution < 1.29 is 9.53 Å². The lowest BCUT2D eigenvalue weighted by Gasteiger charge is -2.27. The summed E-state index contributed by atoms with van der Waals surface area (Å²) < 4.78 is 8.54. The summed E-state index contributed by atoms with van der Waals surface area (Å²) in [6, 6.07) is 13.3. The van der Waals surface area contributed by atoms with Crippen molar-refractivity contribution >= 4 is 44.3 Å². The minimum atomic E-state index is -0.101. The monoisotopic (exact) mass is 418 g/mol. The number of aryl methyl sites for hydroxylation is 1. The molecule has 1 N–H and O–H groups in total. The molecule has 1 unspecified atom stereocenters. The molecule has 1 aromatic heterocycles. The van der Waals surface area contributed by atoms with E-state index in [0.717, 1.165) is 33.1 Å². The maximum Gasteiger partial charge on any atom is 0.268 e. The predicted molar refractivity (Wildman–Crippen MR) is 102 cm³/mol. The van der Waals surface area contributed by atoms with E-state index in [-0.39, 0.29) is 11.9 Å². The SMILES string of the molecule is Cn1c(C(=O)NC2CCOc3cc(Br)ccc32)cc2ccc(Cl)cc21. The average Bonchev–Trinajstić information content (AvgIpc) is 2.91. The molecule has 0 spiro atoms. The summed E-state index contributed by atoms with van der Waals surface area (Å²) >= 11 is 9.52. The summed E-state index contributed by atoms with van der Waals surface area (Å²) in [6.45, 7) is 0.582. The van der Waals surface area contributed by atoms with Gasteiger partial charge in [0.2, 0.25) is 0 Å². The zero-order chi connectivity index (χ0) is 17.6. The lowest BCUT2D eigenvalue weighted by Crippen LogP contribution is -2.33. The molecule has 1 amide bonds. The van der Waals surface area contributed by atoms with Crippen LogP contribution in [-0.2, 0) is 7.05 Å². The van der Waals surface area contributed by atoms with Crippen molar-refractivity contribution in [2.24, 2.45) is 7.05 Å². The van der Waals surface area contributed by atoms with Gasteiger partial charge in [-0.15, -0.1) is 0 Å². The molecule has 128 valence electrons. The number of benzene rings is 2. The van der Waals surface area contributed by atoms with E-state index < -0.39 is 0 Å². The molecule has 0 saturated heterocycles. The van der Waals surface area contributed by atoms with Gasteiger partial charge in [0, 0.05) is 39.4 Å². The van der Waals surface area contributed by atoms with E-state index in [1.807, 2.05) is 54.1 Å². The van der Waals surface area contributed by atoms with Crippen molar-refractivity contribution in [2.45, 2.75) is 12.5 Å². The first-order valence-corrected chi connectivity index (χ1v) is 9.18. The van der Waals surface area contributed by atoms with Gasteiger partial charge in [0.25, 0.3) is 5.91 Å². The van der Waals surface area contributed by atoms with Crippen LogP contribution in [0.4, 0.5) is 0 Å². The maximum absolute atomic E-state index is 12.9. The Bertz CT molecular complexity index is 983. The Labute approximate surface area is 158 Å². The second kappa shape index (κ2) is 6.39. The first-order valence-electron chi connectivity index (χ1n) is 8.01. The lowest BCUT2D eigenvalue weighted by atomic mass is 10.0. The summed E-state index contributed by atoms with van der Waals surface area (Å²) in [5, 5.41) is 4.79. The largest absolute Gasteiger partial charge is 0.493 e. The van der Waals surface area contributed by atoms with Crippen LogP contribution >= 0.6 is 27.5 Å². The molecule has 2 heterocycles. The Kier molecular flexibility index (Phi) is 4.21. The van der Waals surface area contributed by atoms with Crippen molar-refractivity contribution in [1.82, 2.24) is 9.88 Å². The highest BCUT2D eigenvalue weighted by atomic mass is 79.9. The molecule has 1 aliphatic heterocycles. The molecule has 4 nitrogen and oxygen atoms in total. The number of carbonyl (C=O) groups is 1. The summed E-state index contributed by atoms with van der Waals surface area (Å²) in [4.78, 5) is 12.9. The topological polar surface area (TPSA) is 43.3 Å². The molecular weight excluding hydrogens is 404 g/mol. The number of nitrogens with zero attached hydrogens (tertiary/aromatic N) is 1. The normalized spacial score (nSPS) is 16.4. The first kappa shape index (κ1) is 16.5. The molecule has 0 saturated carbocycles. The van der Waals surface area contributed by atoms with Crippen molar-refractivity contribution in [3.05, 3.63) is 63.2 Å². The van der Waals surface area contributed by atoms with Gasteiger partial charge in [-0.05, 0) is 30.3 Å². The second-order valence-corrected chi connectivity index (χ2v) is 7.49. The van der Waals surface area contributed by atoms with Gasteiger partial charge in [0.1, 0.15) is 11.4 Å². The van der Waals surface area contributed by atoms with Gasteiger partial charge in [-0.25, -0.2) is 0 Å². The zero-order valence-electron chi connectivity index (χ0n) is 13.6. The average molecular weight is 420 g/mol. The minimum absolute atomic E-state index is 0.0639. The highest BCUT2D eigenvalue weighted by Crippen LogP contribution is 2.34. The van der Waals surface area contributed by atoms with Crippen molar-refractivity contribution in [2.75, 3.05) is 6.61 Å². The number of hydrogen-bond donors (Lipinski definition) is 1. The summed E-state index contributed by atoms with van der Waals surface area (Å²) in [6.07, 6.45) is 0.746. The zero-order valence-corrected chi connectivity index (χ0v) is 15.9. The maximum atomic E-state index is 12.9. The van der Waals surface area contributed by atoms with Gasteiger partial charge in [-0.3, -0.25) is 4.79 Å². The standard InChI is InChI=1S/C19H16BrClN2O2/c1-23-16-10-13(21)4-2-11(16)8-17(23)19(24)22-15-6-7-25-18-9-12(20)3-5-14(15)18/h2-5,8-10,15H,6-7H2,1H3,(H,22,24). The number of rotatable bonds is 2. The lowest BCUT2D eigenvalue weighted by molar-refractivity contribution is 0.0917. The molecule has 1 atom stereocenters. The number of hydrogen-bond acceptors (Lipinski definition) is 2. The Hall–Kier alpha value is -1.98. The number of amides is 1. The van der Waals surface area contributed by atoms with Crippen LogP contribution in [0.25, 0.3) is 10.9 Å². The van der Waals surface area contributed by atoms with Crippen LogP contribution in [0, 0.1) is 0 Å². The smallest absolute Gasteiger partial charge is 0.268 e. The van der Waals surface area contributed by atoms with Gasteiger partial charge in [0.05, 0.1) is 12.6 Å². The Morgan fingerprint density at radius 2 is 2.12 bits per heavy atom. The number of aromatic nitrogens is 1. The van der Waals surface area contributed by atoms with Crippen molar-refractivity contribution in [1.29, 1.82) is 0 Å². The van der Waals surface area contributed by atoms with Crippen LogP contribution in [-0.4, -0.2) is 17.1 Å². The Morgan fingerprint density at radius 3 is 2.96 bits per heavy atom. The second-order valence-electron chi connectivity index (χ2n) is 6.14. The third kappa shape index (κ3) is 3.02. The fraction of sp³-hybridized carbons (Fsp3) is 0.211. The van der Waals surface area contributed by atoms with Crippen LogP contribution in [0.3, 0.4) is 0 Å². The van der Waals surface area contributed by atoms with Gasteiger partial charge >= 0.3 is 0 Å². The molecule has 4 rings (SSSR count). The summed E-state index contributed by atoms with van der Waals surface area (Å²) in [5.74, 6) is 0.713. The van der Waals surface area contributed by atoms with Gasteiger partial charge in [0.15, 0.2) is 0 Å². The van der Waals surface area contributed by atoms with Crippen molar-refractivity contribution in [3.8, 4) is 5.75 Å². The number of fused-ring (bicyclic) bond motifs is 2. The summed E-state index contributed by atoms with van der Waals surface area (Å²) in [7, 11) is 1.88. The first-order chi connectivity index (χ1) is 12.0. The molecule has 25 heavy (non-hydrogen) atoms. The molecular formula is C19H16BrClN2O2. The van der Waals surface area contributed by atoms with Crippen LogP contribution in [0.15, 0.2) is 46.9 Å². The van der Waals surface area contributed by atoms with E-state index in [9.17, 15) is 4.79 Å². The van der Waals surface area contributed by atoms with Crippen LogP contribution in [0.5, 0.6) is 5.75 Å². The van der Waals surface area contributed by atoms with E-state index in [1.54, 1.807) is 0 Å². The van der Waals surface area contributed by atoms with E-state index in [0.29, 0.717) is 17.3 Å². The molecule has 0 aliphatic carbocycles. The Morgan fingerprint density at radius 1 is 1.28 bits per heavy atom. The van der Waals surface area contributed by atoms with Gasteiger partial charge in [-0.2, -0.15) is 0 Å². The quantitative estimate of drug-likeness (QED) is 0.645. The fourth-order valence-electron chi connectivity index (χ4n) is 3.27. The third-order valence-corrected chi connectivity index (χ3v) is 5.29. The van der Waals surface area contributed by atoms with Crippen LogP contribution in [0.2, 0.25) is 5.02 Å². The molecule has 0 fully saturated rings. The third-order valence-electron chi connectivity index (χ3n) is 4.56. The highest BCUT2D eigenvalue weighted by Gasteiger charge is 2.25. The molecule has 1 aliphatic rings. The van der Waals surface area contributed by atoms with Gasteiger partial charge in [-0.1, -0.05) is 39.7 Å². The minimum Gasteiger partial charge on any atom is -0.493 e. The number of halogens is 2. The van der Waals surface area contributed by atoms with E-state index >= 15 is 0 Å². The van der Waals surface area contributed by atoms with E-state index in [2.05, 4.69) is 21.2 Å². The van der Waals surface area contributed by atoms with Crippen molar-refractivity contribution in [3.63, 3.8) is 0 Å². The fourth-order valence-corrected chi connectivity index (χ4v) is 3.77. The summed E-state index contributed by atoms with van der Waals surface area (Å²) in [5.41, 5.74) is 2.56. The van der Waals surface area contributed by atoms with E-state index in [4.69, 9.17) is 16.3 Å². The molecule has 6 heteroatoms. The van der Waals surface area contributed by atoms with E-state index in [1.165, 1.54) is 0 Å².